The Morgan fingerprint density at radius 2 is 2.05 bits per heavy atom. The molecule has 0 saturated heterocycles. The fourth-order valence-electron chi connectivity index (χ4n) is 2.70. The molecule has 1 amide bonds. The molecule has 1 aliphatic rings. The van der Waals surface area contributed by atoms with Crippen LogP contribution in [0.15, 0.2) is 24.3 Å². The van der Waals surface area contributed by atoms with Crippen molar-refractivity contribution in [3.63, 3.8) is 0 Å². The largest absolute Gasteiger partial charge is 0.482 e. The van der Waals surface area contributed by atoms with Crippen molar-refractivity contribution < 1.29 is 9.53 Å². The minimum atomic E-state index is -0.0694. The number of hydrogen-bond donors (Lipinski definition) is 2. The van der Waals surface area contributed by atoms with Crippen molar-refractivity contribution >= 4 is 11.6 Å². The Hall–Kier alpha value is -1.71. The molecule has 1 aromatic carbocycles. The van der Waals surface area contributed by atoms with Crippen molar-refractivity contribution in [2.24, 2.45) is 11.8 Å². The third-order valence-electron chi connectivity index (χ3n) is 4.24. The van der Waals surface area contributed by atoms with Gasteiger partial charge in [-0.15, -0.1) is 0 Å². The third-order valence-corrected chi connectivity index (χ3v) is 4.24. The van der Waals surface area contributed by atoms with E-state index in [0.29, 0.717) is 17.4 Å². The molecule has 0 bridgehead atoms. The number of rotatable bonds is 4. The van der Waals surface area contributed by atoms with Gasteiger partial charge in [0.05, 0.1) is 5.69 Å². The van der Waals surface area contributed by atoms with Gasteiger partial charge in [-0.2, -0.15) is 0 Å². The van der Waals surface area contributed by atoms with Crippen molar-refractivity contribution in [2.45, 2.75) is 39.2 Å². The maximum Gasteiger partial charge on any atom is 0.258 e. The summed E-state index contributed by atoms with van der Waals surface area (Å²) in [5.74, 6) is 1.91. The first-order valence-corrected chi connectivity index (χ1v) is 7.33. The quantitative estimate of drug-likeness (QED) is 0.831. The van der Waals surface area contributed by atoms with Gasteiger partial charge in [-0.3, -0.25) is 4.79 Å². The molecule has 0 radical (unpaired) electrons. The summed E-state index contributed by atoms with van der Waals surface area (Å²) in [6, 6.07) is 7.50. The zero-order chi connectivity index (χ0) is 14.5. The summed E-state index contributed by atoms with van der Waals surface area (Å²) >= 11 is 0. The normalized spacial score (nSPS) is 26.0. The lowest BCUT2D eigenvalue weighted by Crippen LogP contribution is -2.41. The maximum atomic E-state index is 11.9. The molecule has 110 valence electrons. The number of nitrogens with two attached hydrogens (primary N) is 1. The molecule has 4 nitrogen and oxygen atoms in total. The lowest BCUT2D eigenvalue weighted by molar-refractivity contribution is -0.124. The predicted molar refractivity (Wildman–Crippen MR) is 80.5 cm³/mol. The van der Waals surface area contributed by atoms with Crippen molar-refractivity contribution in [1.82, 2.24) is 5.32 Å². The van der Waals surface area contributed by atoms with Crippen LogP contribution in [0.1, 0.15) is 33.1 Å². The number of benzene rings is 1. The second-order valence-electron chi connectivity index (χ2n) is 5.86. The van der Waals surface area contributed by atoms with Crippen LogP contribution in [0.4, 0.5) is 5.69 Å². The molecule has 3 N–H and O–H groups in total. The van der Waals surface area contributed by atoms with Gasteiger partial charge in [0.25, 0.3) is 5.91 Å². The Morgan fingerprint density at radius 3 is 2.75 bits per heavy atom. The van der Waals surface area contributed by atoms with Crippen molar-refractivity contribution in [3.05, 3.63) is 24.3 Å². The number of carbonyl (C=O) groups is 1. The molecule has 0 heterocycles. The second-order valence-corrected chi connectivity index (χ2v) is 5.86. The summed E-state index contributed by atoms with van der Waals surface area (Å²) in [5.41, 5.74) is 6.32. The Balaban J connectivity index is 1.77. The molecule has 1 saturated carbocycles. The highest BCUT2D eigenvalue weighted by Gasteiger charge is 2.25. The molecule has 1 aromatic rings. The van der Waals surface area contributed by atoms with E-state index in [9.17, 15) is 4.79 Å². The number of amides is 1. The number of hydrogen-bond acceptors (Lipinski definition) is 3. The molecule has 1 fully saturated rings. The molecule has 1 aliphatic carbocycles. The lowest BCUT2D eigenvalue weighted by Gasteiger charge is -2.32. The molecule has 3 unspecified atom stereocenters. The topological polar surface area (TPSA) is 64.3 Å². The van der Waals surface area contributed by atoms with Gasteiger partial charge >= 0.3 is 0 Å². The van der Waals surface area contributed by atoms with Crippen molar-refractivity contribution in [3.8, 4) is 5.75 Å². The number of nitrogens with one attached hydrogen (secondary N) is 1. The van der Waals surface area contributed by atoms with E-state index in [1.807, 2.05) is 12.1 Å². The highest BCUT2D eigenvalue weighted by molar-refractivity contribution is 5.78. The summed E-state index contributed by atoms with van der Waals surface area (Å²) in [4.78, 5) is 11.9. The van der Waals surface area contributed by atoms with Gasteiger partial charge in [-0.05, 0) is 43.2 Å². The summed E-state index contributed by atoms with van der Waals surface area (Å²) < 4.78 is 5.45. The number of para-hydroxylation sites is 2. The first-order valence-electron chi connectivity index (χ1n) is 7.33. The van der Waals surface area contributed by atoms with Gasteiger partial charge in [0.15, 0.2) is 6.61 Å². The molecule has 0 aromatic heterocycles. The van der Waals surface area contributed by atoms with Gasteiger partial charge in [0.2, 0.25) is 0 Å². The van der Waals surface area contributed by atoms with Crippen LogP contribution < -0.4 is 15.8 Å². The lowest BCUT2D eigenvalue weighted by atomic mass is 9.79. The van der Waals surface area contributed by atoms with E-state index >= 15 is 0 Å². The van der Waals surface area contributed by atoms with Gasteiger partial charge in [0.1, 0.15) is 5.75 Å². The van der Waals surface area contributed by atoms with E-state index in [1.165, 1.54) is 6.42 Å². The third kappa shape index (κ3) is 3.89. The van der Waals surface area contributed by atoms with Crippen LogP contribution in [-0.2, 0) is 4.79 Å². The number of nitrogen functional groups attached to an aromatic ring is 1. The average Bonchev–Trinajstić information content (AvgIpc) is 2.42. The van der Waals surface area contributed by atoms with E-state index in [1.54, 1.807) is 12.1 Å². The standard InChI is InChI=1S/C16H24N2O2/c1-11-7-8-13(9-12(11)2)18-16(19)10-20-15-6-4-3-5-14(15)17/h3-6,11-13H,7-10,17H2,1-2H3,(H,18,19). The zero-order valence-corrected chi connectivity index (χ0v) is 12.3. The van der Waals surface area contributed by atoms with Gasteiger partial charge < -0.3 is 15.8 Å². The highest BCUT2D eigenvalue weighted by Crippen LogP contribution is 2.29. The molecule has 0 aliphatic heterocycles. The minimum absolute atomic E-state index is 0.0225. The summed E-state index contributed by atoms with van der Waals surface area (Å²) in [5, 5.41) is 3.05. The van der Waals surface area contributed by atoms with Crippen molar-refractivity contribution in [1.29, 1.82) is 0 Å². The van der Waals surface area contributed by atoms with Crippen LogP contribution in [0.2, 0.25) is 0 Å². The molecular weight excluding hydrogens is 252 g/mol. The second kappa shape index (κ2) is 6.64. The predicted octanol–water partition coefficient (Wildman–Crippen LogP) is 2.59. The first kappa shape index (κ1) is 14.7. The smallest absolute Gasteiger partial charge is 0.258 e. The number of anilines is 1. The maximum absolute atomic E-state index is 11.9. The highest BCUT2D eigenvalue weighted by atomic mass is 16.5. The van der Waals surface area contributed by atoms with E-state index in [0.717, 1.165) is 18.8 Å². The Morgan fingerprint density at radius 1 is 1.30 bits per heavy atom. The molecule has 4 heteroatoms. The molecule has 2 rings (SSSR count). The molecule has 20 heavy (non-hydrogen) atoms. The van der Waals surface area contributed by atoms with Gasteiger partial charge in [-0.1, -0.05) is 26.0 Å². The molecule has 3 atom stereocenters. The van der Waals surface area contributed by atoms with Crippen LogP contribution in [0.5, 0.6) is 5.75 Å². The average molecular weight is 276 g/mol. The fourth-order valence-corrected chi connectivity index (χ4v) is 2.70. The Labute approximate surface area is 120 Å². The molecule has 0 spiro atoms. The van der Waals surface area contributed by atoms with E-state index in [4.69, 9.17) is 10.5 Å². The van der Waals surface area contributed by atoms with Crippen LogP contribution in [0.3, 0.4) is 0 Å². The van der Waals surface area contributed by atoms with Crippen LogP contribution in [-0.4, -0.2) is 18.6 Å². The first-order chi connectivity index (χ1) is 9.56. The summed E-state index contributed by atoms with van der Waals surface area (Å²) in [7, 11) is 0. The molecular formula is C16H24N2O2. The number of carbonyl (C=O) groups excluding carboxylic acids is 1. The summed E-state index contributed by atoms with van der Waals surface area (Å²) in [6.45, 7) is 4.56. The van der Waals surface area contributed by atoms with E-state index < -0.39 is 0 Å². The van der Waals surface area contributed by atoms with Crippen LogP contribution in [0, 0.1) is 11.8 Å². The van der Waals surface area contributed by atoms with Gasteiger partial charge in [0, 0.05) is 6.04 Å². The SMILES string of the molecule is CC1CCC(NC(=O)COc2ccccc2N)CC1C. The van der Waals surface area contributed by atoms with Crippen LogP contribution in [0.25, 0.3) is 0 Å². The van der Waals surface area contributed by atoms with Gasteiger partial charge in [-0.25, -0.2) is 0 Å². The monoisotopic (exact) mass is 276 g/mol. The number of ether oxygens (including phenoxy) is 1. The summed E-state index contributed by atoms with van der Waals surface area (Å²) in [6.07, 6.45) is 3.30. The Kier molecular flexibility index (Phi) is 4.88. The fraction of sp³-hybridized carbons (Fsp3) is 0.562. The van der Waals surface area contributed by atoms with Crippen LogP contribution >= 0.6 is 0 Å². The minimum Gasteiger partial charge on any atom is -0.482 e. The Bertz CT molecular complexity index is 462. The van der Waals surface area contributed by atoms with E-state index in [-0.39, 0.29) is 18.6 Å². The van der Waals surface area contributed by atoms with E-state index in [2.05, 4.69) is 19.2 Å². The van der Waals surface area contributed by atoms with Crippen molar-refractivity contribution in [2.75, 3.05) is 12.3 Å². The zero-order valence-electron chi connectivity index (χ0n) is 12.3.